The molecule has 8 nitrogen and oxygen atoms in total. The maximum atomic E-state index is 13.8. The fourth-order valence-electron chi connectivity index (χ4n) is 4.88. The minimum atomic E-state index is -0.348. The van der Waals surface area contributed by atoms with Gasteiger partial charge in [-0.25, -0.2) is 5.01 Å². The Morgan fingerprint density at radius 3 is 2.65 bits per heavy atom. The lowest BCUT2D eigenvalue weighted by atomic mass is 9.98. The van der Waals surface area contributed by atoms with Crippen molar-refractivity contribution in [3.8, 4) is 5.75 Å². The topological polar surface area (TPSA) is 74.7 Å². The Morgan fingerprint density at radius 2 is 1.92 bits per heavy atom. The van der Waals surface area contributed by atoms with Gasteiger partial charge in [-0.05, 0) is 36.6 Å². The molecule has 2 aromatic carbocycles. The van der Waals surface area contributed by atoms with Crippen LogP contribution < -0.4 is 4.74 Å². The van der Waals surface area contributed by atoms with Gasteiger partial charge in [0.05, 0.1) is 32.1 Å². The summed E-state index contributed by atoms with van der Waals surface area (Å²) in [4.78, 5) is 30.9. The van der Waals surface area contributed by atoms with Crippen LogP contribution in [0.1, 0.15) is 36.4 Å². The van der Waals surface area contributed by atoms with Gasteiger partial charge in [-0.2, -0.15) is 5.10 Å². The normalized spacial score (nSPS) is 20.0. The Bertz CT molecular complexity index is 1160. The van der Waals surface area contributed by atoms with Crippen LogP contribution >= 0.6 is 11.6 Å². The van der Waals surface area contributed by atoms with E-state index in [-0.39, 0.29) is 30.3 Å². The van der Waals surface area contributed by atoms with Gasteiger partial charge in [-0.3, -0.25) is 14.5 Å². The molecule has 0 spiro atoms. The number of benzene rings is 2. The van der Waals surface area contributed by atoms with Crippen molar-refractivity contribution < 1.29 is 19.1 Å². The van der Waals surface area contributed by atoms with E-state index in [4.69, 9.17) is 26.2 Å². The van der Waals surface area contributed by atoms with Gasteiger partial charge in [0.15, 0.2) is 0 Å². The molecular weight excluding hydrogens is 492 g/mol. The van der Waals surface area contributed by atoms with Crippen molar-refractivity contribution in [3.63, 3.8) is 0 Å². The number of ether oxygens (including phenoxy) is 2. The van der Waals surface area contributed by atoms with E-state index in [1.54, 1.807) is 12.0 Å². The summed E-state index contributed by atoms with van der Waals surface area (Å²) < 4.78 is 10.8. The summed E-state index contributed by atoms with van der Waals surface area (Å²) in [5, 5.41) is 6.89. The molecule has 5 rings (SSSR count). The van der Waals surface area contributed by atoms with Gasteiger partial charge in [0.25, 0.3) is 5.91 Å². The van der Waals surface area contributed by atoms with Crippen LogP contribution in [0.2, 0.25) is 5.02 Å². The zero-order valence-corrected chi connectivity index (χ0v) is 21.9. The van der Waals surface area contributed by atoms with Gasteiger partial charge in [-0.15, -0.1) is 0 Å². The van der Waals surface area contributed by atoms with Crippen molar-refractivity contribution in [1.29, 1.82) is 0 Å². The second kappa shape index (κ2) is 11.6. The standard InChI is InChI=1S/C28H33ClN4O4/c1-36-22-6-4-5-21(17-22)25-18-26(23-7-2-3-8-24(23)29)33(30-25)27(34)19-32(28(35)20-9-10-20)12-11-31-13-15-37-16-14-31/h2-8,17,20,26H,9-16,18-19H2,1H3/t26-/m0/s1. The lowest BCUT2D eigenvalue weighted by Crippen LogP contribution is -2.47. The SMILES string of the molecule is COc1cccc(C2=NN(C(=O)CN(CCN3CCOCC3)C(=O)C3CC3)[C@H](c3ccccc3Cl)C2)c1. The first-order chi connectivity index (χ1) is 18.0. The maximum absolute atomic E-state index is 13.8. The largest absolute Gasteiger partial charge is 0.497 e. The highest BCUT2D eigenvalue weighted by Gasteiger charge is 2.38. The fourth-order valence-corrected chi connectivity index (χ4v) is 5.14. The van der Waals surface area contributed by atoms with E-state index in [2.05, 4.69) is 4.90 Å². The van der Waals surface area contributed by atoms with E-state index in [1.807, 2.05) is 48.5 Å². The van der Waals surface area contributed by atoms with Crippen molar-refractivity contribution in [1.82, 2.24) is 14.8 Å². The molecule has 2 amide bonds. The highest BCUT2D eigenvalue weighted by atomic mass is 35.5. The van der Waals surface area contributed by atoms with E-state index in [1.165, 1.54) is 5.01 Å². The van der Waals surface area contributed by atoms with Crippen LogP contribution in [-0.4, -0.2) is 85.4 Å². The molecule has 196 valence electrons. The Hall–Kier alpha value is -2.94. The molecule has 3 aliphatic rings. The average Bonchev–Trinajstić information content (AvgIpc) is 3.69. The number of amides is 2. The molecule has 9 heteroatoms. The summed E-state index contributed by atoms with van der Waals surface area (Å²) in [5.41, 5.74) is 2.52. The fraction of sp³-hybridized carbons (Fsp3) is 0.464. The first-order valence-corrected chi connectivity index (χ1v) is 13.3. The Labute approximate surface area is 222 Å². The minimum Gasteiger partial charge on any atom is -0.497 e. The van der Waals surface area contributed by atoms with Gasteiger partial charge in [0.1, 0.15) is 12.3 Å². The number of hydrogen-bond donors (Lipinski definition) is 0. The molecule has 2 aromatic rings. The predicted molar refractivity (Wildman–Crippen MR) is 142 cm³/mol. The second-order valence-electron chi connectivity index (χ2n) is 9.75. The maximum Gasteiger partial charge on any atom is 0.262 e. The molecule has 1 saturated heterocycles. The molecule has 37 heavy (non-hydrogen) atoms. The third kappa shape index (κ3) is 6.14. The van der Waals surface area contributed by atoms with Crippen molar-refractivity contribution in [2.24, 2.45) is 11.0 Å². The molecule has 0 N–H and O–H groups in total. The highest BCUT2D eigenvalue weighted by molar-refractivity contribution is 6.31. The molecule has 2 aliphatic heterocycles. The molecule has 2 fully saturated rings. The van der Waals surface area contributed by atoms with Crippen molar-refractivity contribution >= 4 is 29.1 Å². The number of methoxy groups -OCH3 is 1. The lowest BCUT2D eigenvalue weighted by Gasteiger charge is -2.31. The van der Waals surface area contributed by atoms with Crippen molar-refractivity contribution in [2.45, 2.75) is 25.3 Å². The van der Waals surface area contributed by atoms with Crippen LogP contribution in [-0.2, 0) is 14.3 Å². The third-order valence-electron chi connectivity index (χ3n) is 7.19. The molecule has 0 aromatic heterocycles. The van der Waals surface area contributed by atoms with Crippen LogP contribution in [0.3, 0.4) is 0 Å². The van der Waals surface area contributed by atoms with Crippen LogP contribution in [0.5, 0.6) is 5.75 Å². The Balaban J connectivity index is 1.38. The lowest BCUT2D eigenvalue weighted by molar-refractivity contribution is -0.142. The Kier molecular flexibility index (Phi) is 8.08. The van der Waals surface area contributed by atoms with Gasteiger partial charge in [-0.1, -0.05) is 41.9 Å². The minimum absolute atomic E-state index is 0.00445. The Morgan fingerprint density at radius 1 is 1.14 bits per heavy atom. The smallest absolute Gasteiger partial charge is 0.262 e. The molecule has 2 heterocycles. The first kappa shape index (κ1) is 25.7. The van der Waals surface area contributed by atoms with Gasteiger partial charge in [0.2, 0.25) is 5.91 Å². The van der Waals surface area contributed by atoms with Crippen LogP contribution in [0.25, 0.3) is 0 Å². The zero-order valence-electron chi connectivity index (χ0n) is 21.1. The number of carbonyl (C=O) groups is 2. The summed E-state index contributed by atoms with van der Waals surface area (Å²) >= 11 is 6.57. The molecular formula is C28H33ClN4O4. The molecule has 0 bridgehead atoms. The third-order valence-corrected chi connectivity index (χ3v) is 7.53. The van der Waals surface area contributed by atoms with Gasteiger partial charge >= 0.3 is 0 Å². The molecule has 1 saturated carbocycles. The van der Waals surface area contributed by atoms with Crippen molar-refractivity contribution in [2.75, 3.05) is 53.0 Å². The van der Waals surface area contributed by atoms with Crippen LogP contribution in [0.4, 0.5) is 0 Å². The number of hydrazone groups is 1. The number of halogens is 1. The van der Waals surface area contributed by atoms with Gasteiger partial charge in [0, 0.05) is 49.1 Å². The average molecular weight is 525 g/mol. The molecule has 0 unspecified atom stereocenters. The summed E-state index contributed by atoms with van der Waals surface area (Å²) in [6.07, 6.45) is 2.31. The molecule has 1 atom stereocenters. The second-order valence-corrected chi connectivity index (χ2v) is 10.2. The highest BCUT2D eigenvalue weighted by Crippen LogP contribution is 2.37. The number of carbonyl (C=O) groups excluding carboxylic acids is 2. The van der Waals surface area contributed by atoms with E-state index >= 15 is 0 Å². The number of morpholine rings is 1. The van der Waals surface area contributed by atoms with Crippen LogP contribution in [0, 0.1) is 5.92 Å². The van der Waals surface area contributed by atoms with Gasteiger partial charge < -0.3 is 14.4 Å². The van der Waals surface area contributed by atoms with E-state index in [0.717, 1.165) is 55.1 Å². The summed E-state index contributed by atoms with van der Waals surface area (Å²) in [5.74, 6) is 0.612. The molecule has 1 aliphatic carbocycles. The van der Waals surface area contributed by atoms with E-state index in [9.17, 15) is 9.59 Å². The monoisotopic (exact) mass is 524 g/mol. The number of rotatable bonds is 9. The summed E-state index contributed by atoms with van der Waals surface area (Å²) in [6, 6.07) is 14.9. The summed E-state index contributed by atoms with van der Waals surface area (Å²) in [7, 11) is 1.63. The first-order valence-electron chi connectivity index (χ1n) is 12.9. The summed E-state index contributed by atoms with van der Waals surface area (Å²) in [6.45, 7) is 4.31. The van der Waals surface area contributed by atoms with E-state index in [0.29, 0.717) is 31.2 Å². The predicted octanol–water partition coefficient (Wildman–Crippen LogP) is 3.60. The van der Waals surface area contributed by atoms with Crippen molar-refractivity contribution in [3.05, 3.63) is 64.7 Å². The van der Waals surface area contributed by atoms with Crippen LogP contribution in [0.15, 0.2) is 53.6 Å². The van der Waals surface area contributed by atoms with E-state index < -0.39 is 0 Å². The zero-order chi connectivity index (χ0) is 25.8. The quantitative estimate of drug-likeness (QED) is 0.501. The molecule has 0 radical (unpaired) electrons. The number of hydrogen-bond acceptors (Lipinski definition) is 6. The number of nitrogens with zero attached hydrogens (tertiary/aromatic N) is 4.